The molecule has 0 N–H and O–H groups in total. The van der Waals surface area contributed by atoms with Crippen molar-refractivity contribution in [2.75, 3.05) is 13.7 Å². The minimum absolute atomic E-state index is 0.137. The molecule has 1 atom stereocenters. The lowest BCUT2D eigenvalue weighted by molar-refractivity contribution is -0.144. The molecule has 0 saturated carbocycles. The van der Waals surface area contributed by atoms with Crippen molar-refractivity contribution in [2.45, 2.75) is 38.0 Å². The standard InChI is InChI=1S/C17H22O3/c1-3-20-16(18)13-17(10-5-4-6-11-17)14-8-7-9-15(12-14)19-2/h5,7-10,12H,3-4,6,11,13H2,1-2H3. The molecule has 0 heterocycles. The number of allylic oxidation sites excluding steroid dienone is 2. The number of carbonyl (C=O) groups excluding carboxylic acids is 1. The van der Waals surface area contributed by atoms with Gasteiger partial charge in [0.15, 0.2) is 0 Å². The Bertz CT molecular complexity index is 493. The lowest BCUT2D eigenvalue weighted by Crippen LogP contribution is -2.29. The van der Waals surface area contributed by atoms with Crippen molar-refractivity contribution in [2.24, 2.45) is 0 Å². The van der Waals surface area contributed by atoms with Gasteiger partial charge in [-0.1, -0.05) is 24.3 Å². The van der Waals surface area contributed by atoms with Gasteiger partial charge in [0.2, 0.25) is 0 Å². The van der Waals surface area contributed by atoms with E-state index in [4.69, 9.17) is 9.47 Å². The summed E-state index contributed by atoms with van der Waals surface area (Å²) in [7, 11) is 1.66. The Kier molecular flexibility index (Phi) is 4.83. The normalized spacial score (nSPS) is 21.5. The second-order valence-electron chi connectivity index (χ2n) is 5.16. The summed E-state index contributed by atoms with van der Waals surface area (Å²) >= 11 is 0. The third kappa shape index (κ3) is 3.21. The third-order valence-corrected chi connectivity index (χ3v) is 3.84. The second kappa shape index (κ2) is 6.60. The molecule has 0 aliphatic heterocycles. The topological polar surface area (TPSA) is 35.5 Å². The molecule has 108 valence electrons. The molecule has 0 radical (unpaired) electrons. The first-order valence-corrected chi connectivity index (χ1v) is 7.18. The number of ether oxygens (including phenoxy) is 2. The summed E-state index contributed by atoms with van der Waals surface area (Å²) in [5.74, 6) is 0.687. The van der Waals surface area contributed by atoms with Crippen molar-refractivity contribution in [3.8, 4) is 5.75 Å². The van der Waals surface area contributed by atoms with Gasteiger partial charge in [0, 0.05) is 5.41 Å². The molecule has 1 aromatic rings. The van der Waals surface area contributed by atoms with Crippen molar-refractivity contribution >= 4 is 5.97 Å². The van der Waals surface area contributed by atoms with Gasteiger partial charge < -0.3 is 9.47 Å². The molecule has 0 bridgehead atoms. The molecule has 20 heavy (non-hydrogen) atoms. The summed E-state index contributed by atoms with van der Waals surface area (Å²) in [5.41, 5.74) is 0.875. The number of methoxy groups -OCH3 is 1. The van der Waals surface area contributed by atoms with E-state index in [2.05, 4.69) is 18.2 Å². The van der Waals surface area contributed by atoms with E-state index in [1.54, 1.807) is 7.11 Å². The van der Waals surface area contributed by atoms with Gasteiger partial charge in [0.1, 0.15) is 5.75 Å². The molecule has 1 aromatic carbocycles. The highest BCUT2D eigenvalue weighted by molar-refractivity contribution is 5.72. The number of benzene rings is 1. The lowest BCUT2D eigenvalue weighted by Gasteiger charge is -2.33. The van der Waals surface area contributed by atoms with Crippen LogP contribution in [0.3, 0.4) is 0 Å². The molecule has 0 amide bonds. The number of hydrogen-bond donors (Lipinski definition) is 0. The van der Waals surface area contributed by atoms with E-state index in [0.29, 0.717) is 13.0 Å². The molecule has 1 aliphatic carbocycles. The Morgan fingerprint density at radius 1 is 1.40 bits per heavy atom. The van der Waals surface area contributed by atoms with Crippen molar-refractivity contribution in [1.29, 1.82) is 0 Å². The number of esters is 1. The summed E-state index contributed by atoms with van der Waals surface area (Å²) in [6.07, 6.45) is 7.87. The van der Waals surface area contributed by atoms with Gasteiger partial charge in [0.25, 0.3) is 0 Å². The molecule has 0 saturated heterocycles. The van der Waals surface area contributed by atoms with E-state index in [0.717, 1.165) is 30.6 Å². The quantitative estimate of drug-likeness (QED) is 0.607. The van der Waals surface area contributed by atoms with Gasteiger partial charge in [-0.3, -0.25) is 4.79 Å². The Morgan fingerprint density at radius 3 is 2.90 bits per heavy atom. The van der Waals surface area contributed by atoms with E-state index in [1.807, 2.05) is 25.1 Å². The zero-order chi connectivity index (χ0) is 14.4. The summed E-state index contributed by atoms with van der Waals surface area (Å²) < 4.78 is 10.4. The van der Waals surface area contributed by atoms with E-state index in [-0.39, 0.29) is 11.4 Å². The van der Waals surface area contributed by atoms with Crippen LogP contribution < -0.4 is 4.74 Å². The average Bonchev–Trinajstić information content (AvgIpc) is 2.48. The lowest BCUT2D eigenvalue weighted by atomic mass is 9.71. The zero-order valence-corrected chi connectivity index (χ0v) is 12.2. The van der Waals surface area contributed by atoms with Gasteiger partial charge in [0.05, 0.1) is 20.1 Å². The minimum atomic E-state index is -0.251. The predicted octanol–water partition coefficient (Wildman–Crippen LogP) is 3.63. The summed E-state index contributed by atoms with van der Waals surface area (Å²) in [6, 6.07) is 7.99. The van der Waals surface area contributed by atoms with Crippen LogP contribution >= 0.6 is 0 Å². The van der Waals surface area contributed by atoms with Crippen LogP contribution in [0.2, 0.25) is 0 Å². The molecule has 0 aromatic heterocycles. The Balaban J connectivity index is 2.33. The Hall–Kier alpha value is -1.77. The summed E-state index contributed by atoms with van der Waals surface area (Å²) in [6.45, 7) is 2.27. The molecule has 2 rings (SSSR count). The van der Waals surface area contributed by atoms with Crippen molar-refractivity contribution < 1.29 is 14.3 Å². The zero-order valence-electron chi connectivity index (χ0n) is 12.2. The van der Waals surface area contributed by atoms with Crippen LogP contribution in [0.4, 0.5) is 0 Å². The fourth-order valence-corrected chi connectivity index (χ4v) is 2.82. The monoisotopic (exact) mass is 274 g/mol. The van der Waals surface area contributed by atoms with Crippen LogP contribution in [0.15, 0.2) is 36.4 Å². The van der Waals surface area contributed by atoms with Crippen LogP contribution in [0.25, 0.3) is 0 Å². The SMILES string of the molecule is CCOC(=O)CC1(c2cccc(OC)c2)C=CCCC1. The largest absolute Gasteiger partial charge is 0.497 e. The van der Waals surface area contributed by atoms with Gasteiger partial charge in [-0.2, -0.15) is 0 Å². The minimum Gasteiger partial charge on any atom is -0.497 e. The Labute approximate surface area is 120 Å². The van der Waals surface area contributed by atoms with Crippen molar-refractivity contribution in [1.82, 2.24) is 0 Å². The van der Waals surface area contributed by atoms with Crippen LogP contribution in [-0.2, 0) is 14.9 Å². The Morgan fingerprint density at radius 2 is 2.25 bits per heavy atom. The van der Waals surface area contributed by atoms with Gasteiger partial charge >= 0.3 is 5.97 Å². The van der Waals surface area contributed by atoms with Crippen LogP contribution in [0.5, 0.6) is 5.75 Å². The molecule has 0 fully saturated rings. The molecule has 3 heteroatoms. The molecule has 1 unspecified atom stereocenters. The number of rotatable bonds is 5. The first-order valence-electron chi connectivity index (χ1n) is 7.18. The van der Waals surface area contributed by atoms with Gasteiger partial charge in [-0.25, -0.2) is 0 Å². The molecular formula is C17H22O3. The number of hydrogen-bond acceptors (Lipinski definition) is 3. The van der Waals surface area contributed by atoms with E-state index in [1.165, 1.54) is 0 Å². The molecule has 3 nitrogen and oxygen atoms in total. The number of carbonyl (C=O) groups is 1. The highest BCUT2D eigenvalue weighted by Crippen LogP contribution is 2.39. The highest BCUT2D eigenvalue weighted by atomic mass is 16.5. The average molecular weight is 274 g/mol. The van der Waals surface area contributed by atoms with E-state index in [9.17, 15) is 4.79 Å². The van der Waals surface area contributed by atoms with Gasteiger partial charge in [-0.05, 0) is 43.9 Å². The fourth-order valence-electron chi connectivity index (χ4n) is 2.82. The van der Waals surface area contributed by atoms with Crippen molar-refractivity contribution in [3.63, 3.8) is 0 Å². The maximum atomic E-state index is 12.0. The first kappa shape index (κ1) is 14.6. The molecule has 1 aliphatic rings. The molecule has 0 spiro atoms. The van der Waals surface area contributed by atoms with Crippen molar-refractivity contribution in [3.05, 3.63) is 42.0 Å². The van der Waals surface area contributed by atoms with E-state index >= 15 is 0 Å². The summed E-state index contributed by atoms with van der Waals surface area (Å²) in [4.78, 5) is 12.0. The van der Waals surface area contributed by atoms with Gasteiger partial charge in [-0.15, -0.1) is 0 Å². The maximum Gasteiger partial charge on any atom is 0.306 e. The maximum absolute atomic E-state index is 12.0. The fraction of sp³-hybridized carbons (Fsp3) is 0.471. The highest BCUT2D eigenvalue weighted by Gasteiger charge is 2.34. The van der Waals surface area contributed by atoms with Crippen LogP contribution in [0, 0.1) is 0 Å². The van der Waals surface area contributed by atoms with Crippen LogP contribution in [0.1, 0.15) is 38.2 Å². The predicted molar refractivity (Wildman–Crippen MR) is 78.9 cm³/mol. The van der Waals surface area contributed by atoms with E-state index < -0.39 is 0 Å². The van der Waals surface area contributed by atoms with Crippen LogP contribution in [-0.4, -0.2) is 19.7 Å². The third-order valence-electron chi connectivity index (χ3n) is 3.84. The first-order chi connectivity index (χ1) is 9.70. The smallest absolute Gasteiger partial charge is 0.306 e. The second-order valence-corrected chi connectivity index (χ2v) is 5.16. The molecular weight excluding hydrogens is 252 g/mol. The summed E-state index contributed by atoms with van der Waals surface area (Å²) in [5, 5.41) is 0.